The lowest BCUT2D eigenvalue weighted by atomic mass is 9.75. The molecule has 3 unspecified atom stereocenters. The van der Waals surface area contributed by atoms with E-state index in [0.717, 1.165) is 17.8 Å². The SMILES string of the molecule is CCCC1CC(C2CC=CCC2)C2=C1C=C(C(C)(C)C)C2. The van der Waals surface area contributed by atoms with Gasteiger partial charge in [0.25, 0.3) is 0 Å². The number of allylic oxidation sites excluding steroid dienone is 6. The zero-order valence-corrected chi connectivity index (χ0v) is 14.4. The Morgan fingerprint density at radius 2 is 2.00 bits per heavy atom. The Hall–Kier alpha value is -0.780. The number of rotatable bonds is 3. The molecule has 0 spiro atoms. The molecule has 0 amide bonds. The summed E-state index contributed by atoms with van der Waals surface area (Å²) in [5.74, 6) is 2.67. The third kappa shape index (κ3) is 2.91. The maximum Gasteiger partial charge on any atom is -0.00911 e. The van der Waals surface area contributed by atoms with Crippen LogP contribution in [0.25, 0.3) is 0 Å². The summed E-state index contributed by atoms with van der Waals surface area (Å²) in [5, 5.41) is 0. The van der Waals surface area contributed by atoms with Crippen molar-refractivity contribution < 1.29 is 0 Å². The lowest BCUT2D eigenvalue weighted by molar-refractivity contribution is 0.315. The second-order valence-corrected chi connectivity index (χ2v) is 8.45. The van der Waals surface area contributed by atoms with E-state index in [1.807, 2.05) is 5.57 Å². The Morgan fingerprint density at radius 1 is 1.19 bits per heavy atom. The Kier molecular flexibility index (Phi) is 4.17. The summed E-state index contributed by atoms with van der Waals surface area (Å²) in [4.78, 5) is 0. The van der Waals surface area contributed by atoms with Crippen molar-refractivity contribution in [3.63, 3.8) is 0 Å². The van der Waals surface area contributed by atoms with Gasteiger partial charge in [0, 0.05) is 0 Å². The minimum absolute atomic E-state index is 0.345. The van der Waals surface area contributed by atoms with E-state index in [1.54, 1.807) is 11.1 Å². The molecule has 0 heteroatoms. The van der Waals surface area contributed by atoms with Crippen molar-refractivity contribution in [2.24, 2.45) is 23.2 Å². The van der Waals surface area contributed by atoms with Gasteiger partial charge in [0.2, 0.25) is 0 Å². The molecule has 0 saturated heterocycles. The van der Waals surface area contributed by atoms with Gasteiger partial charge in [0.15, 0.2) is 0 Å². The highest BCUT2D eigenvalue weighted by atomic mass is 14.4. The monoisotopic (exact) mass is 284 g/mol. The fraction of sp³-hybridized carbons (Fsp3) is 0.714. The molecule has 0 nitrogen and oxygen atoms in total. The Balaban J connectivity index is 1.83. The zero-order chi connectivity index (χ0) is 15.0. The van der Waals surface area contributed by atoms with Gasteiger partial charge in [-0.2, -0.15) is 0 Å². The summed E-state index contributed by atoms with van der Waals surface area (Å²) >= 11 is 0. The van der Waals surface area contributed by atoms with E-state index in [1.165, 1.54) is 44.9 Å². The van der Waals surface area contributed by atoms with Gasteiger partial charge in [-0.3, -0.25) is 0 Å². The van der Waals surface area contributed by atoms with Gasteiger partial charge in [-0.05, 0) is 67.3 Å². The molecule has 0 N–H and O–H groups in total. The molecule has 0 aromatic rings. The predicted octanol–water partition coefficient (Wildman–Crippen LogP) is 6.45. The third-order valence-corrected chi connectivity index (χ3v) is 5.99. The molecule has 0 heterocycles. The zero-order valence-electron chi connectivity index (χ0n) is 14.4. The van der Waals surface area contributed by atoms with Crippen molar-refractivity contribution in [1.82, 2.24) is 0 Å². The van der Waals surface area contributed by atoms with E-state index >= 15 is 0 Å². The van der Waals surface area contributed by atoms with E-state index < -0.39 is 0 Å². The van der Waals surface area contributed by atoms with Crippen LogP contribution in [0.1, 0.15) is 72.6 Å². The van der Waals surface area contributed by atoms with Crippen LogP contribution in [0.5, 0.6) is 0 Å². The molecule has 21 heavy (non-hydrogen) atoms. The lowest BCUT2D eigenvalue weighted by Gasteiger charge is -2.29. The van der Waals surface area contributed by atoms with Gasteiger partial charge in [0.1, 0.15) is 0 Å². The van der Waals surface area contributed by atoms with Crippen LogP contribution in [-0.2, 0) is 0 Å². The molecular weight excluding hydrogens is 252 g/mol. The standard InChI is InChI=1S/C21H32/c1-5-9-16-12-18(15-10-7-6-8-11-15)20-14-17(13-19(16)20)21(2,3)4/h6-7,13,15-16,18H,5,8-12,14H2,1-4H3. The number of hydrogen-bond donors (Lipinski definition) is 0. The van der Waals surface area contributed by atoms with Crippen molar-refractivity contribution in [2.75, 3.05) is 0 Å². The van der Waals surface area contributed by atoms with Crippen LogP contribution in [0.4, 0.5) is 0 Å². The van der Waals surface area contributed by atoms with Gasteiger partial charge in [0.05, 0.1) is 0 Å². The van der Waals surface area contributed by atoms with E-state index in [4.69, 9.17) is 0 Å². The van der Waals surface area contributed by atoms with Gasteiger partial charge in [-0.25, -0.2) is 0 Å². The Labute approximate surface area is 131 Å². The van der Waals surface area contributed by atoms with E-state index in [0.29, 0.717) is 5.41 Å². The quantitative estimate of drug-likeness (QED) is 0.522. The minimum atomic E-state index is 0.345. The molecule has 0 fully saturated rings. The molecule has 3 atom stereocenters. The molecule has 0 saturated carbocycles. The van der Waals surface area contributed by atoms with Crippen molar-refractivity contribution in [3.8, 4) is 0 Å². The normalized spacial score (nSPS) is 32.6. The molecule has 0 radical (unpaired) electrons. The van der Waals surface area contributed by atoms with Crippen LogP contribution in [0.15, 0.2) is 34.9 Å². The molecule has 0 aromatic heterocycles. The summed E-state index contributed by atoms with van der Waals surface area (Å²) in [5.41, 5.74) is 5.64. The highest BCUT2D eigenvalue weighted by Gasteiger charge is 2.40. The highest BCUT2D eigenvalue weighted by Crippen LogP contribution is 2.53. The lowest BCUT2D eigenvalue weighted by Crippen LogP contribution is -2.18. The summed E-state index contributed by atoms with van der Waals surface area (Å²) in [6.07, 6.45) is 16.9. The highest BCUT2D eigenvalue weighted by molar-refractivity contribution is 5.47. The third-order valence-electron chi connectivity index (χ3n) is 5.99. The fourth-order valence-corrected chi connectivity index (χ4v) is 4.70. The van der Waals surface area contributed by atoms with Gasteiger partial charge in [-0.15, -0.1) is 0 Å². The molecule has 0 aromatic carbocycles. The average molecular weight is 284 g/mol. The first-order chi connectivity index (χ1) is 10.0. The van der Waals surface area contributed by atoms with Crippen LogP contribution >= 0.6 is 0 Å². The molecule has 116 valence electrons. The van der Waals surface area contributed by atoms with Gasteiger partial charge >= 0.3 is 0 Å². The Morgan fingerprint density at radius 3 is 2.62 bits per heavy atom. The topological polar surface area (TPSA) is 0 Å². The Bertz CT molecular complexity index is 481. The smallest absolute Gasteiger partial charge is 0.00911 e. The van der Waals surface area contributed by atoms with Crippen LogP contribution in [-0.4, -0.2) is 0 Å². The van der Waals surface area contributed by atoms with Crippen LogP contribution in [0.3, 0.4) is 0 Å². The van der Waals surface area contributed by atoms with Gasteiger partial charge < -0.3 is 0 Å². The summed E-state index contributed by atoms with van der Waals surface area (Å²) in [6.45, 7) is 9.50. The second-order valence-electron chi connectivity index (χ2n) is 8.45. The first-order valence-electron chi connectivity index (χ1n) is 9.09. The van der Waals surface area contributed by atoms with Crippen molar-refractivity contribution in [1.29, 1.82) is 0 Å². The number of hydrogen-bond acceptors (Lipinski definition) is 0. The predicted molar refractivity (Wildman–Crippen MR) is 92.2 cm³/mol. The van der Waals surface area contributed by atoms with Crippen LogP contribution < -0.4 is 0 Å². The first-order valence-corrected chi connectivity index (χ1v) is 9.09. The maximum atomic E-state index is 2.61. The molecule has 0 bridgehead atoms. The van der Waals surface area contributed by atoms with Crippen LogP contribution in [0.2, 0.25) is 0 Å². The van der Waals surface area contributed by atoms with Crippen molar-refractivity contribution in [3.05, 3.63) is 34.9 Å². The average Bonchev–Trinajstić information content (AvgIpc) is 3.00. The summed E-state index contributed by atoms with van der Waals surface area (Å²) < 4.78 is 0. The van der Waals surface area contributed by atoms with Gasteiger partial charge in [-0.1, -0.05) is 63.5 Å². The minimum Gasteiger partial charge on any atom is -0.0885 e. The van der Waals surface area contributed by atoms with Crippen molar-refractivity contribution in [2.45, 2.75) is 72.6 Å². The molecular formula is C21H32. The summed E-state index contributed by atoms with van der Waals surface area (Å²) in [7, 11) is 0. The first kappa shape index (κ1) is 15.1. The van der Waals surface area contributed by atoms with E-state index in [2.05, 4.69) is 45.9 Å². The summed E-state index contributed by atoms with van der Waals surface area (Å²) in [6, 6.07) is 0. The van der Waals surface area contributed by atoms with E-state index in [9.17, 15) is 0 Å². The fourth-order valence-electron chi connectivity index (χ4n) is 4.70. The largest absolute Gasteiger partial charge is 0.0885 e. The van der Waals surface area contributed by atoms with Crippen LogP contribution in [0, 0.1) is 23.2 Å². The molecule has 0 aliphatic heterocycles. The van der Waals surface area contributed by atoms with Crippen molar-refractivity contribution >= 4 is 0 Å². The molecule has 3 aliphatic rings. The maximum absolute atomic E-state index is 2.61. The molecule has 3 rings (SSSR count). The second kappa shape index (κ2) is 5.78. The molecule has 3 aliphatic carbocycles. The van der Waals surface area contributed by atoms with E-state index in [-0.39, 0.29) is 0 Å².